The Kier molecular flexibility index (Phi) is 9.24. The van der Waals surface area contributed by atoms with E-state index in [2.05, 4.69) is 5.32 Å². The molecule has 5 N–H and O–H groups in total. The van der Waals surface area contributed by atoms with Gasteiger partial charge in [-0.15, -0.1) is 0 Å². The van der Waals surface area contributed by atoms with E-state index in [0.717, 1.165) is 16.7 Å². The molecular weight excluding hydrogens is 482 g/mol. The van der Waals surface area contributed by atoms with E-state index in [1.807, 2.05) is 91.0 Å². The summed E-state index contributed by atoms with van der Waals surface area (Å²) in [5.41, 5.74) is 14.6. The van der Waals surface area contributed by atoms with Crippen molar-refractivity contribution < 1.29 is 23.9 Å². The van der Waals surface area contributed by atoms with E-state index < -0.39 is 30.1 Å². The number of nitrogens with one attached hydrogen (secondary N) is 1. The van der Waals surface area contributed by atoms with E-state index in [1.165, 1.54) is 0 Å². The van der Waals surface area contributed by atoms with Gasteiger partial charge in [0.25, 0.3) is 0 Å². The first-order chi connectivity index (χ1) is 18.4. The summed E-state index contributed by atoms with van der Waals surface area (Å²) in [5, 5.41) is 2.56. The van der Waals surface area contributed by atoms with E-state index in [4.69, 9.17) is 20.9 Å². The van der Waals surface area contributed by atoms with Gasteiger partial charge in [-0.2, -0.15) is 0 Å². The van der Waals surface area contributed by atoms with Gasteiger partial charge in [-0.3, -0.25) is 9.59 Å². The fourth-order valence-corrected chi connectivity index (χ4v) is 4.62. The fraction of sp³-hybridized carbons (Fsp3) is 0.300. The lowest BCUT2D eigenvalue weighted by atomic mass is 9.85. The Morgan fingerprint density at radius 2 is 1.45 bits per heavy atom. The van der Waals surface area contributed by atoms with Gasteiger partial charge in [0.05, 0.1) is 24.5 Å². The highest BCUT2D eigenvalue weighted by atomic mass is 16.6. The first-order valence-corrected chi connectivity index (χ1v) is 12.7. The Morgan fingerprint density at radius 1 is 0.868 bits per heavy atom. The monoisotopic (exact) mass is 515 g/mol. The third-order valence-corrected chi connectivity index (χ3v) is 6.65. The number of nitrogens with two attached hydrogens (primary N) is 2. The molecule has 0 aliphatic carbocycles. The predicted octanol–water partition coefficient (Wildman–Crippen LogP) is 3.44. The first-order valence-electron chi connectivity index (χ1n) is 12.7. The molecule has 1 aliphatic rings. The summed E-state index contributed by atoms with van der Waals surface area (Å²) >= 11 is 0. The van der Waals surface area contributed by atoms with Crippen LogP contribution < -0.4 is 16.8 Å². The molecule has 8 nitrogen and oxygen atoms in total. The highest BCUT2D eigenvalue weighted by Gasteiger charge is 2.49. The third-order valence-electron chi connectivity index (χ3n) is 6.65. The van der Waals surface area contributed by atoms with E-state index in [9.17, 15) is 14.4 Å². The second kappa shape index (κ2) is 13.0. The lowest BCUT2D eigenvalue weighted by molar-refractivity contribution is -0.128. The Hall–Kier alpha value is -4.01. The van der Waals surface area contributed by atoms with Crippen molar-refractivity contribution in [3.8, 4) is 0 Å². The van der Waals surface area contributed by atoms with Crippen LogP contribution in [0.4, 0.5) is 4.79 Å². The van der Waals surface area contributed by atoms with E-state index in [0.29, 0.717) is 12.8 Å². The maximum Gasteiger partial charge on any atom is 0.408 e. The zero-order valence-electron chi connectivity index (χ0n) is 21.1. The van der Waals surface area contributed by atoms with Gasteiger partial charge >= 0.3 is 6.09 Å². The van der Waals surface area contributed by atoms with Crippen LogP contribution in [-0.2, 0) is 32.1 Å². The summed E-state index contributed by atoms with van der Waals surface area (Å²) in [5.74, 6) is -1.64. The molecule has 1 saturated heterocycles. The number of Topliss-reactive ketones (excluding diaryl/α,β-unsaturated/α-hetero) is 1. The summed E-state index contributed by atoms with van der Waals surface area (Å²) in [6.45, 7) is 0.0305. The van der Waals surface area contributed by atoms with Crippen LogP contribution in [0.1, 0.15) is 35.6 Å². The SMILES string of the molecule is NC(=O)C[C@H](NC(=O)OCc1ccccc1)C(=O)C(Cc1ccccc1)C1OC1CC(N)c1ccccc1. The minimum Gasteiger partial charge on any atom is -0.445 e. The maximum absolute atomic E-state index is 13.8. The van der Waals surface area contributed by atoms with Crippen molar-refractivity contribution in [2.45, 2.75) is 50.2 Å². The van der Waals surface area contributed by atoms with Crippen LogP contribution in [-0.4, -0.2) is 36.0 Å². The van der Waals surface area contributed by atoms with Gasteiger partial charge in [-0.1, -0.05) is 91.0 Å². The van der Waals surface area contributed by atoms with E-state index in [1.54, 1.807) is 0 Å². The standard InChI is InChI=1S/C30H33N3O5/c31-24(22-14-8-3-9-15-22)17-26-29(38-26)23(16-20-10-4-1-5-11-20)28(35)25(18-27(32)34)33-30(36)37-19-21-12-6-2-7-13-21/h1-15,23-26,29H,16-19,31H2,(H2,32,34)(H,33,36)/t23?,24?,25-,26?,29?/m0/s1. The predicted molar refractivity (Wildman–Crippen MR) is 143 cm³/mol. The lowest BCUT2D eigenvalue weighted by Gasteiger charge is -2.22. The van der Waals surface area contributed by atoms with Gasteiger partial charge in [0, 0.05) is 6.04 Å². The van der Waals surface area contributed by atoms with Crippen molar-refractivity contribution in [3.63, 3.8) is 0 Å². The molecule has 8 heteroatoms. The fourth-order valence-electron chi connectivity index (χ4n) is 4.62. The Balaban J connectivity index is 1.46. The molecule has 2 amide bonds. The number of epoxide rings is 1. The van der Waals surface area contributed by atoms with E-state index in [-0.39, 0.29) is 31.0 Å². The number of primary amides is 1. The van der Waals surface area contributed by atoms with Gasteiger partial charge in [-0.25, -0.2) is 4.79 Å². The number of carbonyl (C=O) groups excluding carboxylic acids is 3. The summed E-state index contributed by atoms with van der Waals surface area (Å²) in [7, 11) is 0. The first kappa shape index (κ1) is 27.0. The number of hydrogen-bond acceptors (Lipinski definition) is 6. The van der Waals surface area contributed by atoms with Gasteiger partial charge in [0.1, 0.15) is 12.6 Å². The number of amides is 2. The molecule has 4 rings (SSSR count). The van der Waals surface area contributed by atoms with Gasteiger partial charge < -0.3 is 26.3 Å². The Morgan fingerprint density at radius 3 is 2.05 bits per heavy atom. The van der Waals surface area contributed by atoms with Crippen molar-refractivity contribution in [3.05, 3.63) is 108 Å². The van der Waals surface area contributed by atoms with E-state index >= 15 is 0 Å². The molecule has 0 aromatic heterocycles. The summed E-state index contributed by atoms with van der Waals surface area (Å²) in [6, 6.07) is 27.0. The number of rotatable bonds is 13. The smallest absolute Gasteiger partial charge is 0.408 e. The molecule has 0 spiro atoms. The lowest BCUT2D eigenvalue weighted by Crippen LogP contribution is -2.47. The zero-order chi connectivity index (χ0) is 26.9. The van der Waals surface area contributed by atoms with Crippen molar-refractivity contribution in [1.29, 1.82) is 0 Å². The van der Waals surface area contributed by atoms with Crippen molar-refractivity contribution in [2.75, 3.05) is 0 Å². The molecule has 0 bridgehead atoms. The quantitative estimate of drug-likeness (QED) is 0.298. The van der Waals surface area contributed by atoms with Crippen LogP contribution in [0.25, 0.3) is 0 Å². The molecule has 5 atom stereocenters. The molecule has 1 aliphatic heterocycles. The summed E-state index contributed by atoms with van der Waals surface area (Å²) in [4.78, 5) is 38.2. The molecule has 0 radical (unpaired) electrons. The third kappa shape index (κ3) is 7.74. The van der Waals surface area contributed by atoms with Gasteiger partial charge in [0.15, 0.2) is 5.78 Å². The van der Waals surface area contributed by atoms with Crippen LogP contribution >= 0.6 is 0 Å². The summed E-state index contributed by atoms with van der Waals surface area (Å²) in [6.07, 6.45) is -0.827. The number of alkyl carbamates (subject to hydrolysis) is 1. The number of ether oxygens (including phenoxy) is 2. The molecule has 3 aromatic carbocycles. The van der Waals surface area contributed by atoms with Crippen LogP contribution in [0.3, 0.4) is 0 Å². The zero-order valence-corrected chi connectivity index (χ0v) is 21.1. The minimum absolute atomic E-state index is 0.0305. The topological polar surface area (TPSA) is 137 Å². The number of carbonyl (C=O) groups is 3. The molecule has 4 unspecified atom stereocenters. The highest BCUT2D eigenvalue weighted by Crippen LogP contribution is 2.38. The number of hydrogen-bond donors (Lipinski definition) is 3. The van der Waals surface area contributed by atoms with Crippen LogP contribution in [0.2, 0.25) is 0 Å². The molecule has 38 heavy (non-hydrogen) atoms. The average Bonchev–Trinajstić information content (AvgIpc) is 3.69. The second-order valence-corrected chi connectivity index (χ2v) is 9.52. The van der Waals surface area contributed by atoms with Crippen molar-refractivity contribution >= 4 is 17.8 Å². The minimum atomic E-state index is -1.14. The molecule has 0 saturated carbocycles. The average molecular weight is 516 g/mol. The number of benzene rings is 3. The largest absolute Gasteiger partial charge is 0.445 e. The Labute approximate surface area is 222 Å². The molecular formula is C30H33N3O5. The normalized spacial score (nSPS) is 18.6. The summed E-state index contributed by atoms with van der Waals surface area (Å²) < 4.78 is 11.3. The van der Waals surface area contributed by atoms with Crippen LogP contribution in [0.15, 0.2) is 91.0 Å². The van der Waals surface area contributed by atoms with Crippen molar-refractivity contribution in [2.24, 2.45) is 17.4 Å². The van der Waals surface area contributed by atoms with Gasteiger partial charge in [-0.05, 0) is 29.5 Å². The Bertz CT molecular complexity index is 1210. The molecule has 1 heterocycles. The van der Waals surface area contributed by atoms with Crippen molar-refractivity contribution in [1.82, 2.24) is 5.32 Å². The van der Waals surface area contributed by atoms with Gasteiger partial charge in [0.2, 0.25) is 5.91 Å². The van der Waals surface area contributed by atoms with Crippen LogP contribution in [0.5, 0.6) is 0 Å². The molecule has 3 aromatic rings. The highest BCUT2D eigenvalue weighted by molar-refractivity contribution is 5.94. The molecule has 198 valence electrons. The maximum atomic E-state index is 13.8. The molecule has 1 fully saturated rings. The van der Waals surface area contributed by atoms with Crippen LogP contribution in [0, 0.1) is 5.92 Å². The number of ketones is 1. The second-order valence-electron chi connectivity index (χ2n) is 9.52.